The average molecular weight is 427 g/mol. The van der Waals surface area contributed by atoms with Crippen molar-refractivity contribution in [2.75, 3.05) is 0 Å². The van der Waals surface area contributed by atoms with Gasteiger partial charge in [-0.05, 0) is 18.6 Å². The zero-order valence-electron chi connectivity index (χ0n) is 13.7. The summed E-state index contributed by atoms with van der Waals surface area (Å²) in [5.74, 6) is 0. The predicted octanol–water partition coefficient (Wildman–Crippen LogP) is 2.32. The Kier molecular flexibility index (Phi) is 6.02. The summed E-state index contributed by atoms with van der Waals surface area (Å²) in [5, 5.41) is 0.456. The number of rotatable bonds is 6. The summed E-state index contributed by atoms with van der Waals surface area (Å²) in [6.45, 7) is 8.85. The van der Waals surface area contributed by atoms with Gasteiger partial charge in [0.15, 0.2) is 0 Å². The van der Waals surface area contributed by atoms with E-state index in [4.69, 9.17) is 11.6 Å². The van der Waals surface area contributed by atoms with E-state index >= 15 is 0 Å². The predicted molar refractivity (Wildman–Crippen MR) is 103 cm³/mol. The quantitative estimate of drug-likeness (QED) is 0.666. The molecular weight excluding hydrogens is 410 g/mol. The summed E-state index contributed by atoms with van der Waals surface area (Å²) >= 11 is 9.72. The summed E-state index contributed by atoms with van der Waals surface area (Å²) in [4.78, 5) is 37.7. The van der Waals surface area contributed by atoms with Crippen LogP contribution < -0.4 is 17.1 Å². The van der Waals surface area contributed by atoms with Gasteiger partial charge < -0.3 is 0 Å². The molecule has 0 aliphatic heterocycles. The third-order valence-corrected chi connectivity index (χ3v) is 4.97. The maximum atomic E-state index is 12.6. The number of hydrogen-bond acceptors (Lipinski definition) is 3. The first kappa shape index (κ1) is 19.2. The third-order valence-electron chi connectivity index (χ3n) is 3.70. The lowest BCUT2D eigenvalue weighted by atomic mass is 10.1. The first-order chi connectivity index (χ1) is 11.8. The minimum absolute atomic E-state index is 0.00217. The summed E-state index contributed by atoms with van der Waals surface area (Å²) in [6, 6.07) is 3.62. The molecule has 6 nitrogen and oxygen atoms in total. The molecule has 1 aromatic heterocycles. The Labute approximate surface area is 157 Å². The van der Waals surface area contributed by atoms with Gasteiger partial charge in [-0.2, -0.15) is 0 Å². The highest BCUT2D eigenvalue weighted by atomic mass is 79.9. The van der Waals surface area contributed by atoms with Gasteiger partial charge in [0.25, 0.3) is 0 Å². The molecular formula is C17H17BrClN3O3. The Morgan fingerprint density at radius 2 is 1.48 bits per heavy atom. The van der Waals surface area contributed by atoms with Gasteiger partial charge >= 0.3 is 17.1 Å². The van der Waals surface area contributed by atoms with E-state index in [0.717, 1.165) is 19.3 Å². The monoisotopic (exact) mass is 425 g/mol. The smallest absolute Gasteiger partial charge is 0.247 e. The third kappa shape index (κ3) is 3.62. The standard InChI is InChI=1S/C17H17BrClN3O3/c1-4-8-20-15(23)21(9-5-2)17(25)22(16(20)24)10-12-13(18)7-6-11(3)14(12)19/h4-7H,1-2,8-10H2,3H3. The minimum Gasteiger partial charge on any atom is -0.247 e. The normalized spacial score (nSPS) is 10.7. The van der Waals surface area contributed by atoms with Crippen LogP contribution in [0.25, 0.3) is 0 Å². The van der Waals surface area contributed by atoms with Crippen LogP contribution in [0, 0.1) is 6.92 Å². The number of hydrogen-bond donors (Lipinski definition) is 0. The minimum atomic E-state index is -0.709. The first-order valence-electron chi connectivity index (χ1n) is 7.43. The molecule has 8 heteroatoms. The zero-order valence-corrected chi connectivity index (χ0v) is 16.0. The van der Waals surface area contributed by atoms with E-state index in [1.807, 2.05) is 13.0 Å². The van der Waals surface area contributed by atoms with E-state index in [1.54, 1.807) is 6.07 Å². The van der Waals surface area contributed by atoms with Crippen molar-refractivity contribution in [3.8, 4) is 0 Å². The molecule has 0 aliphatic carbocycles. The van der Waals surface area contributed by atoms with Crippen LogP contribution in [-0.4, -0.2) is 13.7 Å². The molecule has 0 unspecified atom stereocenters. The molecule has 0 N–H and O–H groups in total. The molecule has 0 saturated carbocycles. The van der Waals surface area contributed by atoms with Gasteiger partial charge in [0, 0.05) is 15.1 Å². The molecule has 0 bridgehead atoms. The number of nitrogens with zero attached hydrogens (tertiary/aromatic N) is 3. The fraction of sp³-hybridized carbons (Fsp3) is 0.235. The van der Waals surface area contributed by atoms with Gasteiger partial charge in [0.05, 0.1) is 19.6 Å². The molecule has 0 aliphatic rings. The second-order valence-corrected chi connectivity index (χ2v) is 6.62. The first-order valence-corrected chi connectivity index (χ1v) is 8.60. The van der Waals surface area contributed by atoms with Crippen LogP contribution in [0.4, 0.5) is 0 Å². The van der Waals surface area contributed by atoms with Crippen molar-refractivity contribution in [2.24, 2.45) is 0 Å². The number of halogens is 2. The zero-order chi connectivity index (χ0) is 18.7. The summed E-state index contributed by atoms with van der Waals surface area (Å²) < 4.78 is 3.57. The molecule has 0 atom stereocenters. The molecule has 1 heterocycles. The van der Waals surface area contributed by atoms with Crippen molar-refractivity contribution >= 4 is 27.5 Å². The van der Waals surface area contributed by atoms with Crippen LogP contribution in [0.3, 0.4) is 0 Å². The molecule has 0 radical (unpaired) electrons. The molecule has 0 spiro atoms. The van der Waals surface area contributed by atoms with Crippen LogP contribution >= 0.6 is 27.5 Å². The summed E-state index contributed by atoms with van der Waals surface area (Å²) in [7, 11) is 0. The van der Waals surface area contributed by atoms with E-state index in [9.17, 15) is 14.4 Å². The molecule has 132 valence electrons. The molecule has 2 aromatic rings. The lowest BCUT2D eigenvalue weighted by Crippen LogP contribution is -2.54. The molecule has 1 aromatic carbocycles. The highest BCUT2D eigenvalue weighted by Crippen LogP contribution is 2.28. The number of aromatic nitrogens is 3. The fourth-order valence-electron chi connectivity index (χ4n) is 2.41. The lowest BCUT2D eigenvalue weighted by molar-refractivity contribution is 0.498. The Bertz CT molecular complexity index is 969. The number of benzene rings is 1. The second kappa shape index (κ2) is 7.84. The van der Waals surface area contributed by atoms with Crippen LogP contribution in [-0.2, 0) is 19.6 Å². The van der Waals surface area contributed by atoms with E-state index in [0.29, 0.717) is 15.1 Å². The Morgan fingerprint density at radius 3 is 1.96 bits per heavy atom. The maximum absolute atomic E-state index is 12.6. The van der Waals surface area contributed by atoms with E-state index in [2.05, 4.69) is 29.1 Å². The maximum Gasteiger partial charge on any atom is 0.336 e. The number of aryl methyl sites for hydroxylation is 1. The molecule has 2 rings (SSSR count). The second-order valence-electron chi connectivity index (χ2n) is 5.39. The molecule has 0 saturated heterocycles. The van der Waals surface area contributed by atoms with Crippen molar-refractivity contribution in [3.05, 3.63) is 89.5 Å². The SMILES string of the molecule is C=CCn1c(=O)n(CC=C)c(=O)n(Cc2c(Br)ccc(C)c2Cl)c1=O. The molecule has 25 heavy (non-hydrogen) atoms. The Morgan fingerprint density at radius 1 is 1.00 bits per heavy atom. The van der Waals surface area contributed by atoms with E-state index < -0.39 is 17.1 Å². The van der Waals surface area contributed by atoms with Gasteiger partial charge in [0.2, 0.25) is 0 Å². The molecule has 0 amide bonds. The largest absolute Gasteiger partial charge is 0.336 e. The van der Waals surface area contributed by atoms with Gasteiger partial charge in [-0.1, -0.05) is 45.7 Å². The van der Waals surface area contributed by atoms with Gasteiger partial charge in [-0.25, -0.2) is 28.1 Å². The number of allylic oxidation sites excluding steroid dienone is 2. The highest BCUT2D eigenvalue weighted by molar-refractivity contribution is 9.10. The summed E-state index contributed by atoms with van der Waals surface area (Å²) in [5.41, 5.74) is -0.701. The van der Waals surface area contributed by atoms with Crippen molar-refractivity contribution in [2.45, 2.75) is 26.6 Å². The topological polar surface area (TPSA) is 66.0 Å². The van der Waals surface area contributed by atoms with Crippen molar-refractivity contribution in [3.63, 3.8) is 0 Å². The van der Waals surface area contributed by atoms with E-state index in [1.165, 1.54) is 12.2 Å². The van der Waals surface area contributed by atoms with Crippen LogP contribution in [0.5, 0.6) is 0 Å². The summed E-state index contributed by atoms with van der Waals surface area (Å²) in [6.07, 6.45) is 2.84. The van der Waals surface area contributed by atoms with Crippen molar-refractivity contribution in [1.29, 1.82) is 0 Å². The van der Waals surface area contributed by atoms with Crippen molar-refractivity contribution < 1.29 is 0 Å². The fourth-order valence-corrected chi connectivity index (χ4v) is 3.20. The van der Waals surface area contributed by atoms with Gasteiger partial charge in [0.1, 0.15) is 0 Å². The lowest BCUT2D eigenvalue weighted by Gasteiger charge is -2.14. The Hall–Kier alpha value is -2.12. The average Bonchev–Trinajstić information content (AvgIpc) is 2.58. The highest BCUT2D eigenvalue weighted by Gasteiger charge is 2.17. The van der Waals surface area contributed by atoms with Crippen molar-refractivity contribution in [1.82, 2.24) is 13.7 Å². The van der Waals surface area contributed by atoms with Gasteiger partial charge in [-0.15, -0.1) is 13.2 Å². The van der Waals surface area contributed by atoms with Gasteiger partial charge in [-0.3, -0.25) is 0 Å². The Balaban J connectivity index is 2.78. The molecule has 0 fully saturated rings. The van der Waals surface area contributed by atoms with Crippen LogP contribution in [0.1, 0.15) is 11.1 Å². The van der Waals surface area contributed by atoms with Crippen LogP contribution in [0.2, 0.25) is 5.02 Å². The van der Waals surface area contributed by atoms with E-state index in [-0.39, 0.29) is 19.6 Å². The van der Waals surface area contributed by atoms with Crippen LogP contribution in [0.15, 0.2) is 56.3 Å².